The van der Waals surface area contributed by atoms with Gasteiger partial charge in [-0.05, 0) is 76.9 Å². The highest BCUT2D eigenvalue weighted by atomic mass is 32.2. The maximum atomic E-state index is 13.4. The van der Waals surface area contributed by atoms with Crippen molar-refractivity contribution in [3.63, 3.8) is 0 Å². The third-order valence-corrected chi connectivity index (χ3v) is 10.6. The highest BCUT2D eigenvalue weighted by Gasteiger charge is 2.33. The summed E-state index contributed by atoms with van der Waals surface area (Å²) in [4.78, 5) is 43.8. The summed E-state index contributed by atoms with van der Waals surface area (Å²) >= 11 is 1.43. The lowest BCUT2D eigenvalue weighted by Gasteiger charge is -2.30. The Bertz CT molecular complexity index is 1340. The van der Waals surface area contributed by atoms with Crippen LogP contribution in [-0.2, 0) is 32.5 Å². The summed E-state index contributed by atoms with van der Waals surface area (Å²) < 4.78 is 32.9. The van der Waals surface area contributed by atoms with E-state index in [0.717, 1.165) is 30.0 Å². The van der Waals surface area contributed by atoms with Gasteiger partial charge >= 0.3 is 5.97 Å². The van der Waals surface area contributed by atoms with Gasteiger partial charge in [0.25, 0.3) is 11.8 Å². The molecule has 0 saturated carbocycles. The lowest BCUT2D eigenvalue weighted by atomic mass is 9.98. The predicted octanol–water partition coefficient (Wildman–Crippen LogP) is 3.43. The summed E-state index contributed by atoms with van der Waals surface area (Å²) in [5.74, 6) is -1.06. The monoisotopic (exact) mass is 590 g/mol. The van der Waals surface area contributed by atoms with E-state index in [-0.39, 0.29) is 35.8 Å². The van der Waals surface area contributed by atoms with E-state index in [9.17, 15) is 22.8 Å². The van der Waals surface area contributed by atoms with Crippen LogP contribution in [0.25, 0.3) is 0 Å². The van der Waals surface area contributed by atoms with E-state index in [1.807, 2.05) is 20.9 Å². The molecule has 0 aliphatic carbocycles. The molecule has 3 heterocycles. The van der Waals surface area contributed by atoms with Crippen LogP contribution in [0.2, 0.25) is 0 Å². The molecule has 1 aromatic carbocycles. The van der Waals surface area contributed by atoms with Gasteiger partial charge in [0.15, 0.2) is 0 Å². The van der Waals surface area contributed by atoms with Crippen molar-refractivity contribution >= 4 is 44.1 Å². The number of carbonyl (C=O) groups is 3. The Balaban J connectivity index is 1.50. The molecular weight excluding hydrogens is 552 g/mol. The number of benzene rings is 1. The number of nitrogens with zero attached hydrogens (tertiary/aromatic N) is 3. The second kappa shape index (κ2) is 12.8. The molecule has 0 atom stereocenters. The van der Waals surface area contributed by atoms with E-state index < -0.39 is 15.9 Å². The number of ether oxygens (including phenoxy) is 1. The molecule has 1 aromatic heterocycles. The molecule has 10 nitrogen and oxygen atoms in total. The SMILES string of the molecule is CCOC(=O)C1CCN(S(=O)(=O)c2ccc(C(=O)Nc3sc4c(c3C(=O)N(CC)CC)CCN(C)C4)cc2)CC1. The van der Waals surface area contributed by atoms with Gasteiger partial charge in [-0.3, -0.25) is 14.4 Å². The van der Waals surface area contributed by atoms with Crippen molar-refractivity contribution < 1.29 is 27.5 Å². The van der Waals surface area contributed by atoms with Gasteiger partial charge in [-0.2, -0.15) is 4.31 Å². The summed E-state index contributed by atoms with van der Waals surface area (Å²) in [7, 11) is -1.74. The van der Waals surface area contributed by atoms with E-state index in [2.05, 4.69) is 10.2 Å². The number of sulfonamides is 1. The second-order valence-electron chi connectivity index (χ2n) is 10.1. The van der Waals surface area contributed by atoms with Crippen molar-refractivity contribution in [1.82, 2.24) is 14.1 Å². The number of piperidine rings is 1. The Morgan fingerprint density at radius 3 is 2.30 bits per heavy atom. The quantitative estimate of drug-likeness (QED) is 0.445. The van der Waals surface area contributed by atoms with Gasteiger partial charge in [0.05, 0.1) is 23.0 Å². The van der Waals surface area contributed by atoms with Gasteiger partial charge in [0, 0.05) is 49.7 Å². The van der Waals surface area contributed by atoms with E-state index in [0.29, 0.717) is 48.7 Å². The normalized spacial score (nSPS) is 16.8. The second-order valence-corrected chi connectivity index (χ2v) is 13.1. The van der Waals surface area contributed by atoms with Crippen LogP contribution in [0, 0.1) is 5.92 Å². The lowest BCUT2D eigenvalue weighted by molar-refractivity contribution is -0.149. The fraction of sp³-hybridized carbons (Fsp3) is 0.536. The summed E-state index contributed by atoms with van der Waals surface area (Å²) in [5, 5.41) is 3.47. The fourth-order valence-electron chi connectivity index (χ4n) is 5.21. The lowest BCUT2D eigenvalue weighted by Crippen LogP contribution is -2.40. The summed E-state index contributed by atoms with van der Waals surface area (Å²) in [6, 6.07) is 5.83. The van der Waals surface area contributed by atoms with Crippen LogP contribution in [0.4, 0.5) is 5.00 Å². The molecule has 12 heteroatoms. The van der Waals surface area contributed by atoms with E-state index in [4.69, 9.17) is 4.74 Å². The number of rotatable bonds is 9. The molecule has 1 saturated heterocycles. The van der Waals surface area contributed by atoms with Crippen LogP contribution < -0.4 is 5.32 Å². The molecule has 1 fully saturated rings. The summed E-state index contributed by atoms with van der Waals surface area (Å²) in [5.41, 5.74) is 1.86. The number of esters is 1. The molecule has 0 spiro atoms. The maximum Gasteiger partial charge on any atom is 0.309 e. The van der Waals surface area contributed by atoms with Crippen LogP contribution in [0.5, 0.6) is 0 Å². The highest BCUT2D eigenvalue weighted by Crippen LogP contribution is 2.38. The van der Waals surface area contributed by atoms with Crippen molar-refractivity contribution in [2.45, 2.75) is 51.5 Å². The first-order valence-electron chi connectivity index (χ1n) is 13.8. The zero-order valence-corrected chi connectivity index (χ0v) is 25.2. The average Bonchev–Trinajstić information content (AvgIpc) is 3.30. The van der Waals surface area contributed by atoms with E-state index in [1.54, 1.807) is 11.8 Å². The highest BCUT2D eigenvalue weighted by molar-refractivity contribution is 7.89. The van der Waals surface area contributed by atoms with Crippen molar-refractivity contribution in [2.75, 3.05) is 51.7 Å². The molecule has 2 aliphatic heterocycles. The van der Waals surface area contributed by atoms with Crippen LogP contribution in [-0.4, -0.2) is 86.7 Å². The molecular formula is C28H38N4O6S2. The van der Waals surface area contributed by atoms with Gasteiger partial charge in [-0.15, -0.1) is 11.3 Å². The molecule has 0 radical (unpaired) electrons. The molecule has 2 aromatic rings. The average molecular weight is 591 g/mol. The number of carbonyl (C=O) groups excluding carboxylic acids is 3. The molecule has 0 bridgehead atoms. The number of fused-ring (bicyclic) bond motifs is 1. The number of anilines is 1. The molecule has 2 aliphatic rings. The zero-order chi connectivity index (χ0) is 29.0. The Morgan fingerprint density at radius 1 is 1.05 bits per heavy atom. The molecule has 4 rings (SSSR count). The minimum absolute atomic E-state index is 0.0875. The van der Waals surface area contributed by atoms with Crippen molar-refractivity contribution in [1.29, 1.82) is 0 Å². The van der Waals surface area contributed by atoms with Crippen molar-refractivity contribution in [3.8, 4) is 0 Å². The molecule has 2 amide bonds. The number of hydrogen-bond donors (Lipinski definition) is 1. The first kappa shape index (κ1) is 30.2. The van der Waals surface area contributed by atoms with Gasteiger partial charge in [-0.1, -0.05) is 0 Å². The maximum absolute atomic E-state index is 13.4. The van der Waals surface area contributed by atoms with Crippen LogP contribution in [0.3, 0.4) is 0 Å². The molecule has 1 N–H and O–H groups in total. The Labute approximate surface area is 240 Å². The van der Waals surface area contributed by atoms with E-state index in [1.165, 1.54) is 39.9 Å². The largest absolute Gasteiger partial charge is 0.466 e. The van der Waals surface area contributed by atoms with Gasteiger partial charge < -0.3 is 19.9 Å². The van der Waals surface area contributed by atoms with Gasteiger partial charge in [0.1, 0.15) is 5.00 Å². The number of thiophene rings is 1. The number of hydrogen-bond acceptors (Lipinski definition) is 8. The standard InChI is InChI=1S/C28H38N4O6S2/c1-5-31(6-2)27(34)24-22-14-15-30(4)18-23(22)39-26(24)29-25(33)19-8-10-21(11-9-19)40(36,37)32-16-12-20(13-17-32)28(35)38-7-3/h8-11,20H,5-7,12-18H2,1-4H3,(H,29,33). The molecule has 0 unspecified atom stereocenters. The van der Waals surface area contributed by atoms with Crippen LogP contribution in [0.15, 0.2) is 29.2 Å². The fourth-order valence-corrected chi connectivity index (χ4v) is 7.99. The van der Waals surface area contributed by atoms with Crippen molar-refractivity contribution in [2.24, 2.45) is 5.92 Å². The molecule has 218 valence electrons. The van der Waals surface area contributed by atoms with Crippen molar-refractivity contribution in [3.05, 3.63) is 45.8 Å². The number of amides is 2. The first-order valence-corrected chi connectivity index (χ1v) is 16.1. The third-order valence-electron chi connectivity index (χ3n) is 7.57. The van der Waals surface area contributed by atoms with Crippen LogP contribution >= 0.6 is 11.3 Å². The number of nitrogens with one attached hydrogen (secondary N) is 1. The van der Waals surface area contributed by atoms with Gasteiger partial charge in [0.2, 0.25) is 10.0 Å². The Kier molecular flexibility index (Phi) is 9.65. The van der Waals surface area contributed by atoms with Gasteiger partial charge in [-0.25, -0.2) is 8.42 Å². The minimum atomic E-state index is -3.77. The minimum Gasteiger partial charge on any atom is -0.466 e. The number of likely N-dealkylation sites (N-methyl/N-ethyl adjacent to an activating group) is 1. The molecule has 40 heavy (non-hydrogen) atoms. The summed E-state index contributed by atoms with van der Waals surface area (Å²) in [6.45, 7) is 9.09. The summed E-state index contributed by atoms with van der Waals surface area (Å²) in [6.07, 6.45) is 1.56. The first-order chi connectivity index (χ1) is 19.1. The predicted molar refractivity (Wildman–Crippen MR) is 154 cm³/mol. The Morgan fingerprint density at radius 2 is 1.70 bits per heavy atom. The smallest absolute Gasteiger partial charge is 0.309 e. The topological polar surface area (TPSA) is 116 Å². The Hall–Kier alpha value is -2.80. The van der Waals surface area contributed by atoms with E-state index >= 15 is 0 Å². The third kappa shape index (κ3) is 6.24. The van der Waals surface area contributed by atoms with Crippen LogP contribution in [0.1, 0.15) is 64.8 Å². The zero-order valence-electron chi connectivity index (χ0n) is 23.6.